The molecule has 0 spiro atoms. The number of carbonyl (C=O) groups excluding carboxylic acids is 1. The number of carbonyl (C=O) groups is 1. The van der Waals surface area contributed by atoms with Crippen molar-refractivity contribution in [3.8, 4) is 0 Å². The highest BCUT2D eigenvalue weighted by Crippen LogP contribution is 2.40. The van der Waals surface area contributed by atoms with Crippen molar-refractivity contribution in [1.82, 2.24) is 5.32 Å². The van der Waals surface area contributed by atoms with Crippen molar-refractivity contribution in [3.63, 3.8) is 0 Å². The van der Waals surface area contributed by atoms with E-state index in [1.54, 1.807) is 11.8 Å². The van der Waals surface area contributed by atoms with Gasteiger partial charge in [-0.05, 0) is 104 Å². The summed E-state index contributed by atoms with van der Waals surface area (Å²) in [5.41, 5.74) is 4.94. The summed E-state index contributed by atoms with van der Waals surface area (Å²) in [6.07, 6.45) is 3.15. The Labute approximate surface area is 212 Å². The second-order valence-electron chi connectivity index (χ2n) is 9.58. The van der Waals surface area contributed by atoms with Crippen LogP contribution in [0.4, 0.5) is 5.69 Å². The lowest BCUT2D eigenvalue weighted by atomic mass is 9.68. The second-order valence-corrected chi connectivity index (χ2v) is 11.2. The quantitative estimate of drug-likeness (QED) is 0.364. The van der Waals surface area contributed by atoms with E-state index in [9.17, 15) is 4.79 Å². The van der Waals surface area contributed by atoms with Crippen LogP contribution in [0.1, 0.15) is 43.4 Å². The molecule has 5 heteroatoms. The minimum Gasteiger partial charge on any atom is -0.326 e. The lowest BCUT2D eigenvalue weighted by molar-refractivity contribution is -0.118. The van der Waals surface area contributed by atoms with E-state index in [0.717, 1.165) is 43.1 Å². The van der Waals surface area contributed by atoms with Gasteiger partial charge >= 0.3 is 0 Å². The van der Waals surface area contributed by atoms with Gasteiger partial charge in [0.05, 0.1) is 0 Å². The molecule has 0 unspecified atom stereocenters. The predicted molar refractivity (Wildman–Crippen MR) is 144 cm³/mol. The van der Waals surface area contributed by atoms with Gasteiger partial charge in [-0.15, -0.1) is 0 Å². The molecule has 1 fully saturated rings. The second kappa shape index (κ2) is 11.0. The molecule has 1 amide bonds. The molecule has 178 valence electrons. The summed E-state index contributed by atoms with van der Waals surface area (Å²) in [5, 5.41) is 7.39. The SMILES string of the molecule is Cc1ccc(NC(=O)C(C)C)cc1C1(Cc2ccc(Sc3ccc(Cl)cc3)cc2)CCNCC1. The Morgan fingerprint density at radius 1 is 1.00 bits per heavy atom. The highest BCUT2D eigenvalue weighted by atomic mass is 35.5. The number of benzene rings is 3. The third-order valence-electron chi connectivity index (χ3n) is 6.68. The van der Waals surface area contributed by atoms with Crippen LogP contribution < -0.4 is 10.6 Å². The third kappa shape index (κ3) is 6.04. The number of hydrogen-bond donors (Lipinski definition) is 2. The number of amides is 1. The van der Waals surface area contributed by atoms with E-state index in [0.29, 0.717) is 0 Å². The average molecular weight is 493 g/mol. The Hall–Kier alpha value is -2.27. The molecule has 1 saturated heterocycles. The van der Waals surface area contributed by atoms with Gasteiger partial charge in [0.2, 0.25) is 5.91 Å². The fourth-order valence-corrected chi connectivity index (χ4v) is 5.65. The van der Waals surface area contributed by atoms with Gasteiger partial charge in [0.1, 0.15) is 0 Å². The lowest BCUT2D eigenvalue weighted by Crippen LogP contribution is -2.42. The van der Waals surface area contributed by atoms with Crippen LogP contribution in [-0.4, -0.2) is 19.0 Å². The van der Waals surface area contributed by atoms with E-state index in [1.165, 1.54) is 26.5 Å². The van der Waals surface area contributed by atoms with E-state index in [4.69, 9.17) is 11.6 Å². The first-order valence-corrected chi connectivity index (χ1v) is 13.2. The molecular formula is C29H33ClN2OS. The van der Waals surface area contributed by atoms with Gasteiger partial charge < -0.3 is 10.6 Å². The zero-order valence-electron chi connectivity index (χ0n) is 20.2. The molecule has 3 aromatic rings. The summed E-state index contributed by atoms with van der Waals surface area (Å²) in [7, 11) is 0. The van der Waals surface area contributed by atoms with E-state index in [-0.39, 0.29) is 17.2 Å². The van der Waals surface area contributed by atoms with E-state index < -0.39 is 0 Å². The first-order chi connectivity index (χ1) is 16.3. The van der Waals surface area contributed by atoms with Crippen molar-refractivity contribution >= 4 is 35.0 Å². The molecule has 0 aliphatic carbocycles. The van der Waals surface area contributed by atoms with Crippen molar-refractivity contribution in [2.75, 3.05) is 18.4 Å². The molecule has 3 aromatic carbocycles. The summed E-state index contributed by atoms with van der Waals surface area (Å²) in [6.45, 7) is 8.05. The van der Waals surface area contributed by atoms with Gasteiger partial charge in [0.25, 0.3) is 0 Å². The lowest BCUT2D eigenvalue weighted by Gasteiger charge is -2.40. The van der Waals surface area contributed by atoms with Gasteiger partial charge in [0, 0.05) is 31.8 Å². The van der Waals surface area contributed by atoms with Crippen LogP contribution in [0.25, 0.3) is 0 Å². The van der Waals surface area contributed by atoms with Crippen molar-refractivity contribution in [1.29, 1.82) is 0 Å². The van der Waals surface area contributed by atoms with Crippen LogP contribution in [0.5, 0.6) is 0 Å². The van der Waals surface area contributed by atoms with Crippen molar-refractivity contribution in [3.05, 3.63) is 88.4 Å². The van der Waals surface area contributed by atoms with Gasteiger partial charge in [-0.1, -0.05) is 55.4 Å². The smallest absolute Gasteiger partial charge is 0.226 e. The van der Waals surface area contributed by atoms with Crippen LogP contribution in [0.2, 0.25) is 5.02 Å². The van der Waals surface area contributed by atoms with E-state index in [1.807, 2.05) is 32.0 Å². The fraction of sp³-hybridized carbons (Fsp3) is 0.345. The first-order valence-electron chi connectivity index (χ1n) is 12.0. The zero-order valence-corrected chi connectivity index (χ0v) is 21.7. The molecular weight excluding hydrogens is 460 g/mol. The minimum atomic E-state index is -0.0400. The highest BCUT2D eigenvalue weighted by molar-refractivity contribution is 7.99. The number of aryl methyl sites for hydroxylation is 1. The molecule has 1 aliphatic heterocycles. The normalized spacial score (nSPS) is 15.3. The van der Waals surface area contributed by atoms with Crippen LogP contribution in [-0.2, 0) is 16.6 Å². The number of hydrogen-bond acceptors (Lipinski definition) is 3. The fourth-order valence-electron chi connectivity index (χ4n) is 4.71. The monoisotopic (exact) mass is 492 g/mol. The molecule has 2 N–H and O–H groups in total. The van der Waals surface area contributed by atoms with Crippen LogP contribution in [0, 0.1) is 12.8 Å². The Morgan fingerprint density at radius 2 is 1.62 bits per heavy atom. The molecule has 1 heterocycles. The average Bonchev–Trinajstić information content (AvgIpc) is 2.83. The zero-order chi connectivity index (χ0) is 24.1. The minimum absolute atomic E-state index is 0.0400. The Kier molecular flexibility index (Phi) is 8.02. The molecule has 4 rings (SSSR count). The van der Waals surface area contributed by atoms with E-state index >= 15 is 0 Å². The first kappa shape index (κ1) is 24.8. The topological polar surface area (TPSA) is 41.1 Å². The van der Waals surface area contributed by atoms with Gasteiger partial charge in [-0.25, -0.2) is 0 Å². The Bertz CT molecular complexity index is 1120. The Balaban J connectivity index is 1.57. The maximum atomic E-state index is 12.3. The highest BCUT2D eigenvalue weighted by Gasteiger charge is 2.35. The molecule has 3 nitrogen and oxygen atoms in total. The molecule has 0 saturated carbocycles. The molecule has 0 atom stereocenters. The van der Waals surface area contributed by atoms with Crippen molar-refractivity contribution < 1.29 is 4.79 Å². The molecule has 0 bridgehead atoms. The van der Waals surface area contributed by atoms with Crippen LogP contribution in [0.15, 0.2) is 76.5 Å². The maximum absolute atomic E-state index is 12.3. The Morgan fingerprint density at radius 3 is 2.24 bits per heavy atom. The summed E-state index contributed by atoms with van der Waals surface area (Å²) in [4.78, 5) is 14.7. The number of halogens is 1. The van der Waals surface area contributed by atoms with Gasteiger partial charge in [0.15, 0.2) is 0 Å². The number of rotatable bonds is 7. The number of nitrogens with one attached hydrogen (secondary N) is 2. The van der Waals surface area contributed by atoms with Crippen molar-refractivity contribution in [2.24, 2.45) is 5.92 Å². The third-order valence-corrected chi connectivity index (χ3v) is 7.94. The summed E-state index contributed by atoms with van der Waals surface area (Å²) in [6, 6.07) is 23.3. The number of piperidine rings is 1. The van der Waals surface area contributed by atoms with Gasteiger partial charge in [-0.2, -0.15) is 0 Å². The summed E-state index contributed by atoms with van der Waals surface area (Å²) < 4.78 is 0. The summed E-state index contributed by atoms with van der Waals surface area (Å²) >= 11 is 7.77. The van der Waals surface area contributed by atoms with Crippen LogP contribution in [0.3, 0.4) is 0 Å². The van der Waals surface area contributed by atoms with Crippen LogP contribution >= 0.6 is 23.4 Å². The molecule has 0 radical (unpaired) electrons. The van der Waals surface area contributed by atoms with Gasteiger partial charge in [-0.3, -0.25) is 4.79 Å². The van der Waals surface area contributed by atoms with E-state index in [2.05, 4.69) is 66.1 Å². The molecule has 1 aliphatic rings. The summed E-state index contributed by atoms with van der Waals surface area (Å²) in [5.74, 6) is 0.0183. The largest absolute Gasteiger partial charge is 0.326 e. The molecule has 0 aromatic heterocycles. The maximum Gasteiger partial charge on any atom is 0.226 e. The van der Waals surface area contributed by atoms with Crippen molar-refractivity contribution in [2.45, 2.75) is 55.2 Å². The predicted octanol–water partition coefficient (Wildman–Crippen LogP) is 7.26. The number of anilines is 1. The standard InChI is InChI=1S/C29H33ClN2OS/c1-20(2)28(33)32-24-9-4-21(3)27(18-24)29(14-16-31-17-15-29)19-22-5-10-25(11-6-22)34-26-12-7-23(30)8-13-26/h4-13,18,20,31H,14-17,19H2,1-3H3,(H,32,33). The molecule has 34 heavy (non-hydrogen) atoms.